The number of nitrogens with zero attached hydrogens (tertiary/aromatic N) is 4. The summed E-state index contributed by atoms with van der Waals surface area (Å²) in [6, 6.07) is 13.4. The molecule has 1 aliphatic rings. The molecule has 0 radical (unpaired) electrons. The fourth-order valence-corrected chi connectivity index (χ4v) is 5.55. The van der Waals surface area contributed by atoms with E-state index in [2.05, 4.69) is 15.2 Å². The molecule has 180 valence electrons. The number of thioether (sulfide) groups is 1. The first kappa shape index (κ1) is 23.8. The second-order valence-electron chi connectivity index (χ2n) is 7.73. The number of amides is 1. The summed E-state index contributed by atoms with van der Waals surface area (Å²) in [4.78, 5) is 31.6. The lowest BCUT2D eigenvalue weighted by molar-refractivity contribution is -0.132. The number of hydrogen-bond donors (Lipinski definition) is 1. The molecule has 0 spiro atoms. The number of pyridine rings is 1. The van der Waals surface area contributed by atoms with Crippen molar-refractivity contribution in [2.75, 3.05) is 4.90 Å². The molecule has 2 aromatic heterocycles. The lowest BCUT2D eigenvalue weighted by Gasteiger charge is -2.22. The van der Waals surface area contributed by atoms with Gasteiger partial charge in [-0.25, -0.2) is 8.78 Å². The Morgan fingerprint density at radius 3 is 2.36 bits per heavy atom. The zero-order valence-corrected chi connectivity index (χ0v) is 20.0. The van der Waals surface area contributed by atoms with Crippen molar-refractivity contribution in [2.24, 2.45) is 0 Å². The van der Waals surface area contributed by atoms with E-state index < -0.39 is 29.3 Å². The summed E-state index contributed by atoms with van der Waals surface area (Å²) in [6.07, 6.45) is 3.04. The van der Waals surface area contributed by atoms with E-state index in [0.29, 0.717) is 15.7 Å². The number of aromatic nitrogens is 3. The van der Waals surface area contributed by atoms with Crippen LogP contribution in [-0.4, -0.2) is 32.0 Å². The third-order valence-corrected chi connectivity index (χ3v) is 7.57. The topological polar surface area (TPSA) is 96.3 Å². The first-order chi connectivity index (χ1) is 17.4. The van der Waals surface area contributed by atoms with E-state index in [-0.39, 0.29) is 22.1 Å². The highest BCUT2D eigenvalue weighted by Crippen LogP contribution is 2.43. The Morgan fingerprint density at radius 2 is 1.69 bits per heavy atom. The largest absolute Gasteiger partial charge is 0.507 e. The number of Topliss-reactive ketones (excluding diaryl/α,β-unsaturated/α-hetero) is 1. The van der Waals surface area contributed by atoms with Gasteiger partial charge in [0.2, 0.25) is 5.13 Å². The summed E-state index contributed by atoms with van der Waals surface area (Å²) < 4.78 is 27.1. The summed E-state index contributed by atoms with van der Waals surface area (Å²) in [7, 11) is 0. The number of aliphatic hydroxyl groups is 1. The molecule has 1 N–H and O–H groups in total. The molecule has 5 rings (SSSR count). The normalized spacial score (nSPS) is 17.1. The molecule has 1 saturated heterocycles. The van der Waals surface area contributed by atoms with Gasteiger partial charge in [0, 0.05) is 23.7 Å². The number of halogens is 2. The summed E-state index contributed by atoms with van der Waals surface area (Å²) in [6.45, 7) is 0. The molecule has 0 bridgehead atoms. The van der Waals surface area contributed by atoms with Gasteiger partial charge in [-0.05, 0) is 53.6 Å². The SMILES string of the molecule is O=C1C(=O)N(c2nnc(SCc3ccc(F)cc3)s2)C(c2cccnc2)/C1=C(/O)c1ccc(F)cc1. The number of benzene rings is 2. The fourth-order valence-electron chi connectivity index (χ4n) is 3.73. The van der Waals surface area contributed by atoms with E-state index in [1.54, 1.807) is 30.5 Å². The van der Waals surface area contributed by atoms with Crippen LogP contribution in [0.4, 0.5) is 13.9 Å². The molecule has 1 aliphatic heterocycles. The summed E-state index contributed by atoms with van der Waals surface area (Å²) in [5, 5.41) is 19.4. The molecule has 2 aromatic carbocycles. The molecule has 1 fully saturated rings. The standard InChI is InChI=1S/C25H16F2N4O3S2/c26-17-7-3-14(4-8-17)13-35-25-30-29-24(36-25)31-20(16-2-1-11-28-12-16)19(22(33)23(31)34)21(32)15-5-9-18(27)10-6-15/h1-12,20,32H,13H2/b21-19-. The van der Waals surface area contributed by atoms with Gasteiger partial charge in [0.25, 0.3) is 5.78 Å². The van der Waals surface area contributed by atoms with Crippen molar-refractivity contribution in [2.45, 2.75) is 16.1 Å². The van der Waals surface area contributed by atoms with Crippen molar-refractivity contribution in [1.29, 1.82) is 0 Å². The average Bonchev–Trinajstić information content (AvgIpc) is 3.46. The lowest BCUT2D eigenvalue weighted by atomic mass is 9.96. The quantitative estimate of drug-likeness (QED) is 0.123. The summed E-state index contributed by atoms with van der Waals surface area (Å²) in [5.41, 5.74) is 1.40. The van der Waals surface area contributed by atoms with Crippen molar-refractivity contribution in [3.63, 3.8) is 0 Å². The Kier molecular flexibility index (Phi) is 6.57. The maximum absolute atomic E-state index is 13.4. The van der Waals surface area contributed by atoms with Gasteiger partial charge >= 0.3 is 5.91 Å². The highest BCUT2D eigenvalue weighted by atomic mass is 32.2. The number of carbonyl (C=O) groups is 2. The van der Waals surface area contributed by atoms with E-state index in [0.717, 1.165) is 29.0 Å². The van der Waals surface area contributed by atoms with Gasteiger partial charge in [-0.15, -0.1) is 10.2 Å². The number of aliphatic hydroxyl groups excluding tert-OH is 1. The minimum Gasteiger partial charge on any atom is -0.507 e. The maximum atomic E-state index is 13.4. The van der Waals surface area contributed by atoms with Gasteiger partial charge in [0.1, 0.15) is 17.4 Å². The van der Waals surface area contributed by atoms with Crippen LogP contribution in [0.3, 0.4) is 0 Å². The van der Waals surface area contributed by atoms with Crippen LogP contribution in [0.5, 0.6) is 0 Å². The van der Waals surface area contributed by atoms with Crippen LogP contribution in [-0.2, 0) is 15.3 Å². The van der Waals surface area contributed by atoms with Gasteiger partial charge in [-0.3, -0.25) is 19.5 Å². The molecule has 0 aliphatic carbocycles. The molecule has 3 heterocycles. The zero-order chi connectivity index (χ0) is 25.2. The third-order valence-electron chi connectivity index (χ3n) is 5.44. The monoisotopic (exact) mass is 522 g/mol. The predicted octanol–water partition coefficient (Wildman–Crippen LogP) is 5.13. The Labute approximate surface area is 212 Å². The first-order valence-electron chi connectivity index (χ1n) is 10.6. The van der Waals surface area contributed by atoms with Crippen LogP contribution in [0, 0.1) is 11.6 Å². The minimum atomic E-state index is -1.01. The highest BCUT2D eigenvalue weighted by molar-refractivity contribution is 8.00. The molecule has 0 saturated carbocycles. The van der Waals surface area contributed by atoms with Gasteiger partial charge in [-0.1, -0.05) is 41.3 Å². The molecule has 1 atom stereocenters. The number of rotatable bonds is 6. The lowest BCUT2D eigenvalue weighted by Crippen LogP contribution is -2.29. The van der Waals surface area contributed by atoms with Crippen LogP contribution in [0.25, 0.3) is 5.76 Å². The fraction of sp³-hybridized carbons (Fsp3) is 0.0800. The van der Waals surface area contributed by atoms with Crippen molar-refractivity contribution in [1.82, 2.24) is 15.2 Å². The van der Waals surface area contributed by atoms with Crippen LogP contribution in [0.15, 0.2) is 83.0 Å². The Hall–Kier alpha value is -3.96. The molecule has 36 heavy (non-hydrogen) atoms. The number of anilines is 1. The van der Waals surface area contributed by atoms with E-state index in [1.165, 1.54) is 47.1 Å². The second-order valence-corrected chi connectivity index (χ2v) is 9.91. The van der Waals surface area contributed by atoms with Crippen molar-refractivity contribution in [3.05, 3.63) is 107 Å². The Bertz CT molecular complexity index is 1460. The molecule has 1 amide bonds. The number of hydrogen-bond acceptors (Lipinski definition) is 8. The Balaban J connectivity index is 1.51. The van der Waals surface area contributed by atoms with Crippen LogP contribution in [0.1, 0.15) is 22.7 Å². The number of ketones is 1. The minimum absolute atomic E-state index is 0.157. The molecule has 4 aromatic rings. The third kappa shape index (κ3) is 4.62. The maximum Gasteiger partial charge on any atom is 0.301 e. The molecule has 11 heteroatoms. The zero-order valence-electron chi connectivity index (χ0n) is 18.3. The average molecular weight is 523 g/mol. The van der Waals surface area contributed by atoms with Gasteiger partial charge < -0.3 is 5.11 Å². The predicted molar refractivity (Wildman–Crippen MR) is 131 cm³/mol. The molecular formula is C25H16F2N4O3S2. The van der Waals surface area contributed by atoms with Gasteiger partial charge in [-0.2, -0.15) is 0 Å². The van der Waals surface area contributed by atoms with Crippen molar-refractivity contribution >= 4 is 45.7 Å². The van der Waals surface area contributed by atoms with Gasteiger partial charge in [0.15, 0.2) is 4.34 Å². The molecular weight excluding hydrogens is 506 g/mol. The highest BCUT2D eigenvalue weighted by Gasteiger charge is 2.48. The van der Waals surface area contributed by atoms with Crippen molar-refractivity contribution in [3.8, 4) is 0 Å². The van der Waals surface area contributed by atoms with Gasteiger partial charge in [0.05, 0.1) is 11.6 Å². The van der Waals surface area contributed by atoms with E-state index in [4.69, 9.17) is 0 Å². The van der Waals surface area contributed by atoms with E-state index >= 15 is 0 Å². The summed E-state index contributed by atoms with van der Waals surface area (Å²) in [5.74, 6) is -2.53. The van der Waals surface area contributed by atoms with Crippen LogP contribution < -0.4 is 4.90 Å². The Morgan fingerprint density at radius 1 is 1.00 bits per heavy atom. The number of carbonyl (C=O) groups excluding carboxylic acids is 2. The summed E-state index contributed by atoms with van der Waals surface area (Å²) >= 11 is 2.47. The van der Waals surface area contributed by atoms with Crippen LogP contribution >= 0.6 is 23.1 Å². The second kappa shape index (κ2) is 9.96. The van der Waals surface area contributed by atoms with E-state index in [1.807, 2.05) is 0 Å². The molecule has 7 nitrogen and oxygen atoms in total. The van der Waals surface area contributed by atoms with Crippen molar-refractivity contribution < 1.29 is 23.5 Å². The first-order valence-corrected chi connectivity index (χ1v) is 12.4. The van der Waals surface area contributed by atoms with Crippen LogP contribution in [0.2, 0.25) is 0 Å². The van der Waals surface area contributed by atoms with E-state index in [9.17, 15) is 23.5 Å². The smallest absolute Gasteiger partial charge is 0.301 e. The molecule has 1 unspecified atom stereocenters.